The Bertz CT molecular complexity index is 868. The second kappa shape index (κ2) is 6.12. The Balaban J connectivity index is 2.10. The highest BCUT2D eigenvalue weighted by atomic mass is 32.2. The van der Waals surface area contributed by atoms with Crippen molar-refractivity contribution in [3.8, 4) is 0 Å². The summed E-state index contributed by atoms with van der Waals surface area (Å²) in [5, 5.41) is 4.20. The maximum atomic E-state index is 12.9. The molecular weight excluding hydrogens is 308 g/mol. The normalized spacial score (nSPS) is 12.7. The van der Waals surface area contributed by atoms with E-state index in [2.05, 4.69) is 29.1 Å². The van der Waals surface area contributed by atoms with Crippen molar-refractivity contribution in [1.29, 1.82) is 0 Å². The van der Waals surface area contributed by atoms with Crippen molar-refractivity contribution < 1.29 is 4.21 Å². The Labute approximate surface area is 138 Å². The predicted octanol–water partition coefficient (Wildman–Crippen LogP) is 3.44. The standard InChI is InChI=1S/C17H20N4OS/c1-11(2)18-16-15-9-10-21(17(15)20-13(4)19-16)23(22)14-7-5-12(3)6-8-14/h5-11H,1-4H3,(H,18,19,20). The fourth-order valence-corrected chi connectivity index (χ4v) is 3.45. The number of nitrogens with one attached hydrogen (secondary N) is 1. The van der Waals surface area contributed by atoms with Crippen molar-refractivity contribution in [2.24, 2.45) is 0 Å². The molecule has 0 radical (unpaired) electrons. The van der Waals surface area contributed by atoms with Gasteiger partial charge >= 0.3 is 0 Å². The average Bonchev–Trinajstić information content (AvgIpc) is 2.90. The first-order chi connectivity index (χ1) is 11.0. The zero-order chi connectivity index (χ0) is 16.6. The molecule has 2 aromatic heterocycles. The Hall–Kier alpha value is -2.21. The lowest BCUT2D eigenvalue weighted by Gasteiger charge is -2.11. The van der Waals surface area contributed by atoms with Crippen LogP contribution in [0, 0.1) is 13.8 Å². The van der Waals surface area contributed by atoms with E-state index in [4.69, 9.17) is 0 Å². The van der Waals surface area contributed by atoms with E-state index in [9.17, 15) is 4.21 Å². The Morgan fingerprint density at radius 3 is 2.43 bits per heavy atom. The van der Waals surface area contributed by atoms with E-state index in [-0.39, 0.29) is 6.04 Å². The summed E-state index contributed by atoms with van der Waals surface area (Å²) in [5.41, 5.74) is 1.82. The van der Waals surface area contributed by atoms with Crippen molar-refractivity contribution in [3.05, 3.63) is 47.9 Å². The van der Waals surface area contributed by atoms with Gasteiger partial charge in [-0.3, -0.25) is 0 Å². The minimum absolute atomic E-state index is 0.262. The first kappa shape index (κ1) is 15.7. The number of hydrogen-bond acceptors (Lipinski definition) is 4. The summed E-state index contributed by atoms with van der Waals surface area (Å²) in [4.78, 5) is 9.70. The number of aryl methyl sites for hydroxylation is 2. The smallest absolute Gasteiger partial charge is 0.158 e. The first-order valence-electron chi connectivity index (χ1n) is 7.57. The number of nitrogens with zero attached hydrogens (tertiary/aromatic N) is 3. The largest absolute Gasteiger partial charge is 0.367 e. The highest BCUT2D eigenvalue weighted by molar-refractivity contribution is 7.83. The van der Waals surface area contributed by atoms with Crippen molar-refractivity contribution in [1.82, 2.24) is 13.9 Å². The number of fused-ring (bicyclic) bond motifs is 1. The van der Waals surface area contributed by atoms with Crippen LogP contribution in [0.1, 0.15) is 25.2 Å². The van der Waals surface area contributed by atoms with Crippen LogP contribution >= 0.6 is 0 Å². The van der Waals surface area contributed by atoms with E-state index < -0.39 is 11.0 Å². The van der Waals surface area contributed by atoms with E-state index in [0.717, 1.165) is 21.7 Å². The number of hydrogen-bond donors (Lipinski definition) is 1. The third-order valence-corrected chi connectivity index (χ3v) is 4.78. The van der Waals surface area contributed by atoms with Crippen LogP contribution in [0.3, 0.4) is 0 Å². The van der Waals surface area contributed by atoms with E-state index in [1.54, 1.807) is 10.2 Å². The van der Waals surface area contributed by atoms with Crippen LogP contribution < -0.4 is 5.32 Å². The predicted molar refractivity (Wildman–Crippen MR) is 94.0 cm³/mol. The van der Waals surface area contributed by atoms with Crippen LogP contribution in [0.5, 0.6) is 0 Å². The molecule has 1 atom stereocenters. The molecule has 0 saturated carbocycles. The van der Waals surface area contributed by atoms with Gasteiger partial charge in [0.05, 0.1) is 10.3 Å². The van der Waals surface area contributed by atoms with Crippen LogP contribution in [0.15, 0.2) is 41.4 Å². The van der Waals surface area contributed by atoms with Crippen LogP contribution in [-0.2, 0) is 11.0 Å². The minimum atomic E-state index is -1.33. The summed E-state index contributed by atoms with van der Waals surface area (Å²) >= 11 is 0. The molecule has 23 heavy (non-hydrogen) atoms. The minimum Gasteiger partial charge on any atom is -0.367 e. The topological polar surface area (TPSA) is 59.8 Å². The molecule has 3 rings (SSSR count). The third kappa shape index (κ3) is 3.12. The lowest BCUT2D eigenvalue weighted by atomic mass is 10.2. The van der Waals surface area contributed by atoms with Crippen LogP contribution in [0.2, 0.25) is 0 Å². The quantitative estimate of drug-likeness (QED) is 0.797. The second-order valence-electron chi connectivity index (χ2n) is 5.86. The summed E-state index contributed by atoms with van der Waals surface area (Å²) in [6.45, 7) is 7.98. The van der Waals surface area contributed by atoms with Crippen LogP contribution in [-0.4, -0.2) is 24.2 Å². The third-order valence-electron chi connectivity index (χ3n) is 3.45. The molecule has 1 unspecified atom stereocenters. The van der Waals surface area contributed by atoms with Gasteiger partial charge in [-0.1, -0.05) is 17.7 Å². The molecule has 0 bridgehead atoms. The zero-order valence-corrected chi connectivity index (χ0v) is 14.5. The van der Waals surface area contributed by atoms with Crippen molar-refractivity contribution in [3.63, 3.8) is 0 Å². The van der Waals surface area contributed by atoms with Gasteiger partial charge in [-0.15, -0.1) is 0 Å². The molecule has 0 amide bonds. The van der Waals surface area contributed by atoms with Crippen molar-refractivity contribution in [2.45, 2.75) is 38.6 Å². The van der Waals surface area contributed by atoms with Crippen molar-refractivity contribution in [2.75, 3.05) is 5.32 Å². The van der Waals surface area contributed by atoms with Gasteiger partial charge in [0.1, 0.15) is 11.6 Å². The summed E-state index contributed by atoms with van der Waals surface area (Å²) in [6, 6.07) is 9.87. The van der Waals surface area contributed by atoms with Gasteiger partial charge in [-0.2, -0.15) is 0 Å². The first-order valence-corrected chi connectivity index (χ1v) is 8.67. The summed E-state index contributed by atoms with van der Waals surface area (Å²) in [7, 11) is -1.33. The maximum Gasteiger partial charge on any atom is 0.158 e. The Morgan fingerprint density at radius 2 is 1.78 bits per heavy atom. The molecule has 120 valence electrons. The molecule has 0 spiro atoms. The molecule has 0 aliphatic carbocycles. The highest BCUT2D eigenvalue weighted by Crippen LogP contribution is 2.24. The second-order valence-corrected chi connectivity index (χ2v) is 7.22. The zero-order valence-electron chi connectivity index (χ0n) is 13.7. The fourth-order valence-electron chi connectivity index (χ4n) is 2.39. The SMILES string of the molecule is Cc1ccc(S(=O)n2ccc3c(NC(C)C)nc(C)nc32)cc1. The summed E-state index contributed by atoms with van der Waals surface area (Å²) in [5.74, 6) is 1.43. The van der Waals surface area contributed by atoms with Gasteiger partial charge in [-0.05, 0) is 45.9 Å². The van der Waals surface area contributed by atoms with E-state index >= 15 is 0 Å². The highest BCUT2D eigenvalue weighted by Gasteiger charge is 2.15. The van der Waals surface area contributed by atoms with Gasteiger partial charge in [0.15, 0.2) is 16.6 Å². The van der Waals surface area contributed by atoms with Crippen molar-refractivity contribution >= 4 is 27.8 Å². The lowest BCUT2D eigenvalue weighted by Crippen LogP contribution is -2.13. The van der Waals surface area contributed by atoms with E-state index in [0.29, 0.717) is 11.5 Å². The summed E-state index contributed by atoms with van der Waals surface area (Å²) < 4.78 is 14.6. The van der Waals surface area contributed by atoms with Gasteiger partial charge < -0.3 is 5.32 Å². The van der Waals surface area contributed by atoms with E-state index in [1.807, 2.05) is 44.2 Å². The average molecular weight is 328 g/mol. The molecule has 5 nitrogen and oxygen atoms in total. The maximum absolute atomic E-state index is 12.9. The molecular formula is C17H20N4OS. The monoisotopic (exact) mass is 328 g/mol. The Morgan fingerprint density at radius 1 is 1.09 bits per heavy atom. The number of benzene rings is 1. The molecule has 3 aromatic rings. The molecule has 1 aromatic carbocycles. The lowest BCUT2D eigenvalue weighted by molar-refractivity contribution is 0.678. The molecule has 1 N–H and O–H groups in total. The van der Waals surface area contributed by atoms with E-state index in [1.165, 1.54) is 0 Å². The number of aromatic nitrogens is 3. The molecule has 0 saturated heterocycles. The van der Waals surface area contributed by atoms with Gasteiger partial charge in [0, 0.05) is 12.2 Å². The molecule has 0 fully saturated rings. The summed E-state index contributed by atoms with van der Waals surface area (Å²) in [6.07, 6.45) is 1.81. The molecule has 2 heterocycles. The molecule has 0 aliphatic heterocycles. The number of rotatable bonds is 4. The fraction of sp³-hybridized carbons (Fsp3) is 0.294. The van der Waals surface area contributed by atoms with Crippen LogP contribution in [0.4, 0.5) is 5.82 Å². The number of anilines is 1. The van der Waals surface area contributed by atoms with Gasteiger partial charge in [-0.25, -0.2) is 18.1 Å². The van der Waals surface area contributed by atoms with Crippen LogP contribution in [0.25, 0.3) is 11.0 Å². The molecule has 0 aliphatic rings. The Kier molecular flexibility index (Phi) is 4.17. The van der Waals surface area contributed by atoms with Gasteiger partial charge in [0.2, 0.25) is 0 Å². The van der Waals surface area contributed by atoms with Gasteiger partial charge in [0.25, 0.3) is 0 Å². The molecule has 6 heteroatoms.